The fraction of sp³-hybridized carbons (Fsp3) is 0.360. The Balaban J connectivity index is 1.47. The minimum absolute atomic E-state index is 0.117. The van der Waals surface area contributed by atoms with Crippen LogP contribution >= 0.6 is 27.3 Å². The number of aromatic nitrogens is 4. The lowest BCUT2D eigenvalue weighted by atomic mass is 9.82. The molecule has 0 aliphatic heterocycles. The van der Waals surface area contributed by atoms with Crippen molar-refractivity contribution >= 4 is 49.9 Å². The third-order valence-corrected chi connectivity index (χ3v) is 8.18. The second kappa shape index (κ2) is 9.35. The zero-order valence-corrected chi connectivity index (χ0v) is 20.8. The zero-order chi connectivity index (χ0) is 22.9. The summed E-state index contributed by atoms with van der Waals surface area (Å²) in [6.45, 7) is 1.87. The number of nitrogens with zero attached hydrogens (tertiary/aromatic N) is 3. The number of carbonyl (C=O) groups excluding carboxylic acids is 2. The molecule has 2 unspecified atom stereocenters. The molecule has 0 bridgehead atoms. The summed E-state index contributed by atoms with van der Waals surface area (Å²) in [5, 5.41) is 7.18. The quantitative estimate of drug-likeness (QED) is 0.268. The van der Waals surface area contributed by atoms with Gasteiger partial charge in [0.2, 0.25) is 0 Å². The van der Waals surface area contributed by atoms with Crippen LogP contribution in [-0.4, -0.2) is 31.3 Å². The molecule has 1 fully saturated rings. The second-order valence-corrected chi connectivity index (χ2v) is 11.1. The van der Waals surface area contributed by atoms with E-state index in [0.717, 1.165) is 56.9 Å². The summed E-state index contributed by atoms with van der Waals surface area (Å²) in [5.74, 6) is 1.52. The van der Waals surface area contributed by atoms with Crippen molar-refractivity contribution in [1.82, 2.24) is 19.7 Å². The highest BCUT2D eigenvalue weighted by Gasteiger charge is 2.29. The highest BCUT2D eigenvalue weighted by atomic mass is 79.9. The van der Waals surface area contributed by atoms with Crippen molar-refractivity contribution < 1.29 is 9.59 Å². The number of H-pyrrole nitrogens is 1. The SMILES string of the molecule is CCC(=O)c1ccc2c(c1)nc(-c1ccn[nH]1)n2C1CCCC(CC(=O)c2ccc(Br)s2)C1. The Labute approximate surface area is 204 Å². The predicted octanol–water partition coefficient (Wildman–Crippen LogP) is 6.85. The van der Waals surface area contributed by atoms with Crippen molar-refractivity contribution in [3.8, 4) is 11.5 Å². The van der Waals surface area contributed by atoms with Gasteiger partial charge in [-0.3, -0.25) is 14.7 Å². The molecule has 170 valence electrons. The number of nitrogens with one attached hydrogen (secondary N) is 1. The fourth-order valence-electron chi connectivity index (χ4n) is 4.93. The fourth-order valence-corrected chi connectivity index (χ4v) is 6.26. The number of ketones is 2. The summed E-state index contributed by atoms with van der Waals surface area (Å²) < 4.78 is 3.28. The number of thiophene rings is 1. The van der Waals surface area contributed by atoms with Gasteiger partial charge in [0.15, 0.2) is 17.4 Å². The summed E-state index contributed by atoms with van der Waals surface area (Å²) in [6, 6.07) is 11.8. The first-order chi connectivity index (χ1) is 16.0. The molecular formula is C25H25BrN4O2S. The molecule has 4 aromatic rings. The lowest BCUT2D eigenvalue weighted by Gasteiger charge is -2.31. The van der Waals surface area contributed by atoms with Gasteiger partial charge in [0.25, 0.3) is 0 Å². The van der Waals surface area contributed by atoms with E-state index < -0.39 is 0 Å². The maximum Gasteiger partial charge on any atom is 0.173 e. The Morgan fingerprint density at radius 2 is 2.06 bits per heavy atom. The van der Waals surface area contributed by atoms with E-state index in [1.807, 2.05) is 43.3 Å². The number of benzene rings is 1. The number of imidazole rings is 1. The largest absolute Gasteiger partial charge is 0.320 e. The van der Waals surface area contributed by atoms with E-state index in [2.05, 4.69) is 30.7 Å². The molecule has 0 saturated heterocycles. The molecule has 0 radical (unpaired) electrons. The Morgan fingerprint density at radius 3 is 2.79 bits per heavy atom. The third-order valence-electron chi connectivity index (χ3n) is 6.52. The molecule has 3 aromatic heterocycles. The van der Waals surface area contributed by atoms with E-state index in [-0.39, 0.29) is 17.6 Å². The number of Topliss-reactive ketones (excluding diaryl/α,β-unsaturated/α-hetero) is 2. The Bertz CT molecular complexity index is 1310. The molecule has 1 aromatic carbocycles. The van der Waals surface area contributed by atoms with E-state index in [9.17, 15) is 9.59 Å². The van der Waals surface area contributed by atoms with Crippen LogP contribution < -0.4 is 0 Å². The summed E-state index contributed by atoms with van der Waals surface area (Å²) in [4.78, 5) is 30.8. The van der Waals surface area contributed by atoms with Crippen LogP contribution in [0.5, 0.6) is 0 Å². The van der Waals surface area contributed by atoms with Crippen LogP contribution in [0, 0.1) is 5.92 Å². The van der Waals surface area contributed by atoms with Gasteiger partial charge < -0.3 is 4.57 Å². The lowest BCUT2D eigenvalue weighted by molar-refractivity contribution is 0.0944. The van der Waals surface area contributed by atoms with E-state index in [4.69, 9.17) is 4.98 Å². The molecule has 1 saturated carbocycles. The van der Waals surface area contributed by atoms with Gasteiger partial charge in [-0.15, -0.1) is 11.3 Å². The third kappa shape index (κ3) is 4.46. The molecule has 1 N–H and O–H groups in total. The van der Waals surface area contributed by atoms with Crippen molar-refractivity contribution in [1.29, 1.82) is 0 Å². The number of carbonyl (C=O) groups is 2. The molecule has 3 heterocycles. The molecule has 33 heavy (non-hydrogen) atoms. The molecule has 2 atom stereocenters. The molecule has 1 aliphatic rings. The highest BCUT2D eigenvalue weighted by Crippen LogP contribution is 2.40. The van der Waals surface area contributed by atoms with Gasteiger partial charge in [0.1, 0.15) is 5.69 Å². The van der Waals surface area contributed by atoms with Gasteiger partial charge in [-0.25, -0.2) is 4.98 Å². The average Bonchev–Trinajstić information content (AvgIpc) is 3.57. The number of fused-ring (bicyclic) bond motifs is 1. The first-order valence-corrected chi connectivity index (χ1v) is 13.0. The first kappa shape index (κ1) is 22.2. The van der Waals surface area contributed by atoms with Crippen LogP contribution in [0.15, 0.2) is 46.4 Å². The van der Waals surface area contributed by atoms with Crippen molar-refractivity contribution in [3.63, 3.8) is 0 Å². The topological polar surface area (TPSA) is 80.6 Å². The number of halogens is 1. The number of hydrogen-bond donors (Lipinski definition) is 1. The minimum atomic E-state index is 0.117. The van der Waals surface area contributed by atoms with E-state index in [1.54, 1.807) is 6.20 Å². The lowest BCUT2D eigenvalue weighted by Crippen LogP contribution is -2.22. The molecule has 0 spiro atoms. The van der Waals surface area contributed by atoms with E-state index in [1.165, 1.54) is 11.3 Å². The smallest absolute Gasteiger partial charge is 0.173 e. The van der Waals surface area contributed by atoms with Crippen LogP contribution in [0.25, 0.3) is 22.6 Å². The Hall–Kier alpha value is -2.58. The summed E-state index contributed by atoms with van der Waals surface area (Å²) >= 11 is 4.96. The number of aromatic amines is 1. The van der Waals surface area contributed by atoms with Gasteiger partial charge in [-0.05, 0) is 77.5 Å². The second-order valence-electron chi connectivity index (χ2n) is 8.67. The van der Waals surface area contributed by atoms with Crippen LogP contribution in [0.1, 0.15) is 71.5 Å². The highest BCUT2D eigenvalue weighted by molar-refractivity contribution is 9.11. The van der Waals surface area contributed by atoms with Gasteiger partial charge in [-0.1, -0.05) is 13.3 Å². The van der Waals surface area contributed by atoms with Crippen molar-refractivity contribution in [2.24, 2.45) is 5.92 Å². The van der Waals surface area contributed by atoms with Crippen molar-refractivity contribution in [3.05, 3.63) is 56.8 Å². The monoisotopic (exact) mass is 524 g/mol. The van der Waals surface area contributed by atoms with Crippen molar-refractivity contribution in [2.45, 2.75) is 51.5 Å². The maximum atomic E-state index is 12.8. The van der Waals surface area contributed by atoms with Crippen LogP contribution in [0.4, 0.5) is 0 Å². The molecular weight excluding hydrogens is 500 g/mol. The normalized spacial score (nSPS) is 18.6. The molecule has 1 aliphatic carbocycles. The number of rotatable bonds is 7. The maximum absolute atomic E-state index is 12.8. The Morgan fingerprint density at radius 1 is 1.18 bits per heavy atom. The first-order valence-electron chi connectivity index (χ1n) is 11.4. The average molecular weight is 525 g/mol. The van der Waals surface area contributed by atoms with Crippen molar-refractivity contribution in [2.75, 3.05) is 0 Å². The van der Waals surface area contributed by atoms with Gasteiger partial charge in [0.05, 0.1) is 19.7 Å². The number of hydrogen-bond acceptors (Lipinski definition) is 5. The minimum Gasteiger partial charge on any atom is -0.320 e. The summed E-state index contributed by atoms with van der Waals surface area (Å²) in [7, 11) is 0. The predicted molar refractivity (Wildman–Crippen MR) is 134 cm³/mol. The summed E-state index contributed by atoms with van der Waals surface area (Å²) in [5.41, 5.74) is 3.39. The van der Waals surface area contributed by atoms with E-state index >= 15 is 0 Å². The van der Waals surface area contributed by atoms with Gasteiger partial charge >= 0.3 is 0 Å². The van der Waals surface area contributed by atoms with Crippen LogP contribution in [-0.2, 0) is 0 Å². The molecule has 0 amide bonds. The molecule has 5 rings (SSSR count). The van der Waals surface area contributed by atoms with Crippen LogP contribution in [0.3, 0.4) is 0 Å². The molecule has 6 nitrogen and oxygen atoms in total. The van der Waals surface area contributed by atoms with Gasteiger partial charge in [-0.2, -0.15) is 5.10 Å². The van der Waals surface area contributed by atoms with E-state index in [0.29, 0.717) is 24.3 Å². The standard InChI is InChI=1S/C25H25BrN4O2S/c1-2-21(31)16-6-7-20-19(14-16)28-25(18-10-11-27-29-18)30(20)17-5-3-4-15(12-17)13-22(32)23-8-9-24(26)33-23/h6-11,14-15,17H,2-5,12-13H2,1H3,(H,27,29). The molecule has 8 heteroatoms. The Kier molecular flexibility index (Phi) is 6.29. The van der Waals surface area contributed by atoms with Gasteiger partial charge in [0, 0.05) is 30.6 Å². The zero-order valence-electron chi connectivity index (χ0n) is 18.4. The van der Waals surface area contributed by atoms with Crippen LogP contribution in [0.2, 0.25) is 0 Å². The summed E-state index contributed by atoms with van der Waals surface area (Å²) in [6.07, 6.45) is 6.88.